The summed E-state index contributed by atoms with van der Waals surface area (Å²) in [6, 6.07) is 19.2. The number of amides is 2. The van der Waals surface area contributed by atoms with Crippen LogP contribution in [0.3, 0.4) is 0 Å². The Morgan fingerprint density at radius 2 is 1.67 bits per heavy atom. The minimum absolute atomic E-state index is 0.0136. The first-order valence-corrected chi connectivity index (χ1v) is 16.4. The average molecular weight is 669 g/mol. The largest absolute Gasteiger partial charge is 0.490 e. The number of carbonyl (C=O) groups is 2. The van der Waals surface area contributed by atoms with Crippen molar-refractivity contribution in [3.8, 4) is 11.5 Å². The van der Waals surface area contributed by atoms with E-state index in [4.69, 9.17) is 44.3 Å². The summed E-state index contributed by atoms with van der Waals surface area (Å²) in [6.45, 7) is 5.66. The van der Waals surface area contributed by atoms with E-state index in [2.05, 4.69) is 5.32 Å². The number of nitrogens with one attached hydrogen (secondary N) is 1. The number of ether oxygens (including phenoxy) is 2. The van der Waals surface area contributed by atoms with Crippen molar-refractivity contribution in [3.05, 3.63) is 98.0 Å². The van der Waals surface area contributed by atoms with Gasteiger partial charge in [0.2, 0.25) is 5.91 Å². The molecule has 0 radical (unpaired) electrons. The van der Waals surface area contributed by atoms with E-state index in [1.54, 1.807) is 6.92 Å². The lowest BCUT2D eigenvalue weighted by Crippen LogP contribution is -2.61. The summed E-state index contributed by atoms with van der Waals surface area (Å²) in [5.74, 6) is 1.17. The van der Waals surface area contributed by atoms with Crippen LogP contribution < -0.4 is 14.8 Å². The second kappa shape index (κ2) is 13.6. The molecule has 1 aliphatic carbocycles. The zero-order valence-corrected chi connectivity index (χ0v) is 27.6. The standard InChI is InChI=1S/C35H36Cl3N3O4/c1-21-14-30(37)34(31(38)15-21)45-13-12-44-28-10-6-24(7-11-28)29-17-26-19-40(22(2)42)20-32(39-26)33(29)35(43)41(27-8-9-27)18-23-4-3-5-25(36)16-23/h3-7,10-11,14-16,26-27,32,39H,8-9,12-13,17-20H2,1-2H3/t26-,32-/m1/s1. The SMILES string of the molecule is CC(=O)N1C[C@H]2CC(c3ccc(OCCOc4c(Cl)cc(C)cc4Cl)cc3)=C(C(=O)N(Cc3cccc(Cl)c3)C3CC3)[C@@H](C1)N2. The van der Waals surface area contributed by atoms with Crippen molar-refractivity contribution in [2.75, 3.05) is 26.3 Å². The van der Waals surface area contributed by atoms with E-state index in [9.17, 15) is 9.59 Å². The van der Waals surface area contributed by atoms with Gasteiger partial charge in [0.15, 0.2) is 5.75 Å². The monoisotopic (exact) mass is 667 g/mol. The first kappa shape index (κ1) is 31.7. The van der Waals surface area contributed by atoms with Crippen molar-refractivity contribution in [3.63, 3.8) is 0 Å². The van der Waals surface area contributed by atoms with Gasteiger partial charge in [0.1, 0.15) is 19.0 Å². The van der Waals surface area contributed by atoms with Crippen molar-refractivity contribution in [1.82, 2.24) is 15.1 Å². The van der Waals surface area contributed by atoms with Crippen molar-refractivity contribution in [2.24, 2.45) is 0 Å². The normalized spacial score (nSPS) is 19.4. The number of benzene rings is 3. The second-order valence-corrected chi connectivity index (χ2v) is 13.3. The van der Waals surface area contributed by atoms with Crippen molar-refractivity contribution in [2.45, 2.75) is 57.8 Å². The summed E-state index contributed by atoms with van der Waals surface area (Å²) in [5.41, 5.74) is 4.69. The lowest BCUT2D eigenvalue weighted by Gasteiger charge is -2.44. The molecule has 2 amide bonds. The molecule has 3 aliphatic rings. The third-order valence-electron chi connectivity index (χ3n) is 8.51. The summed E-state index contributed by atoms with van der Waals surface area (Å²) in [4.78, 5) is 30.7. The summed E-state index contributed by atoms with van der Waals surface area (Å²) in [6.07, 6.45) is 2.60. The average Bonchev–Trinajstić information content (AvgIpc) is 3.84. The van der Waals surface area contributed by atoms with Crippen LogP contribution in [-0.4, -0.2) is 66.0 Å². The van der Waals surface area contributed by atoms with Gasteiger partial charge in [-0.05, 0) is 84.8 Å². The summed E-state index contributed by atoms with van der Waals surface area (Å²) >= 11 is 18.9. The number of rotatable bonds is 10. The Kier molecular flexibility index (Phi) is 9.62. The minimum Gasteiger partial charge on any atom is -0.490 e. The highest BCUT2D eigenvalue weighted by Gasteiger charge is 2.43. The van der Waals surface area contributed by atoms with Gasteiger partial charge in [0.25, 0.3) is 5.91 Å². The number of fused-ring (bicyclic) bond motifs is 2. The Morgan fingerprint density at radius 3 is 2.33 bits per heavy atom. The van der Waals surface area contributed by atoms with Gasteiger partial charge >= 0.3 is 0 Å². The minimum atomic E-state index is -0.252. The molecular formula is C35H36Cl3N3O4. The van der Waals surface area contributed by atoms with E-state index >= 15 is 0 Å². The number of halogens is 3. The molecule has 236 valence electrons. The van der Waals surface area contributed by atoms with Crippen LogP contribution in [0.5, 0.6) is 11.5 Å². The Labute approximate surface area is 279 Å². The number of carbonyl (C=O) groups excluding carboxylic acids is 2. The maximum atomic E-state index is 14.5. The van der Waals surface area contributed by atoms with Crippen LogP contribution in [0.25, 0.3) is 5.57 Å². The van der Waals surface area contributed by atoms with Gasteiger partial charge in [0, 0.05) is 49.2 Å². The van der Waals surface area contributed by atoms with Crippen LogP contribution >= 0.6 is 34.8 Å². The van der Waals surface area contributed by atoms with Crippen LogP contribution in [0.15, 0.2) is 66.2 Å². The van der Waals surface area contributed by atoms with Gasteiger partial charge in [-0.25, -0.2) is 0 Å². The first-order chi connectivity index (χ1) is 21.7. The molecule has 3 aromatic rings. The Bertz CT molecular complexity index is 1600. The Morgan fingerprint density at radius 1 is 0.956 bits per heavy atom. The lowest BCUT2D eigenvalue weighted by molar-refractivity contribution is -0.132. The molecule has 0 spiro atoms. The fraction of sp³-hybridized carbons (Fsp3) is 0.371. The van der Waals surface area contributed by atoms with Gasteiger partial charge in [-0.3, -0.25) is 9.59 Å². The van der Waals surface area contributed by atoms with Gasteiger partial charge in [-0.2, -0.15) is 0 Å². The van der Waals surface area contributed by atoms with Gasteiger partial charge < -0.3 is 24.6 Å². The Balaban J connectivity index is 1.22. The van der Waals surface area contributed by atoms with Crippen molar-refractivity contribution in [1.29, 1.82) is 0 Å². The van der Waals surface area contributed by atoms with Crippen molar-refractivity contribution < 1.29 is 19.1 Å². The molecule has 2 heterocycles. The highest BCUT2D eigenvalue weighted by atomic mass is 35.5. The summed E-state index contributed by atoms with van der Waals surface area (Å²) in [7, 11) is 0. The topological polar surface area (TPSA) is 71.1 Å². The fourth-order valence-electron chi connectivity index (χ4n) is 6.24. The van der Waals surface area contributed by atoms with Crippen LogP contribution in [0.4, 0.5) is 0 Å². The predicted octanol–water partition coefficient (Wildman–Crippen LogP) is 6.95. The molecule has 2 bridgehead atoms. The zero-order valence-electron chi connectivity index (χ0n) is 25.3. The third kappa shape index (κ3) is 7.44. The van der Waals surface area contributed by atoms with Crippen LogP contribution in [-0.2, 0) is 16.1 Å². The van der Waals surface area contributed by atoms with E-state index in [1.165, 1.54) is 0 Å². The van der Waals surface area contributed by atoms with E-state index in [1.807, 2.05) is 77.4 Å². The predicted molar refractivity (Wildman–Crippen MR) is 178 cm³/mol. The molecule has 0 aromatic heterocycles. The molecule has 1 N–H and O–H groups in total. The third-order valence-corrected chi connectivity index (χ3v) is 9.31. The van der Waals surface area contributed by atoms with E-state index in [-0.39, 0.29) is 36.5 Å². The van der Waals surface area contributed by atoms with Gasteiger partial charge in [0.05, 0.1) is 16.1 Å². The number of hydrogen-bond acceptors (Lipinski definition) is 5. The molecule has 2 atom stereocenters. The van der Waals surface area contributed by atoms with E-state index < -0.39 is 0 Å². The molecule has 10 heteroatoms. The highest BCUT2D eigenvalue weighted by molar-refractivity contribution is 6.37. The number of aryl methyl sites for hydroxylation is 1. The van der Waals surface area contributed by atoms with Gasteiger partial charge in [-0.15, -0.1) is 0 Å². The number of hydrogen-bond donors (Lipinski definition) is 1. The smallest absolute Gasteiger partial charge is 0.252 e. The quantitative estimate of drug-likeness (QED) is 0.237. The highest BCUT2D eigenvalue weighted by Crippen LogP contribution is 2.38. The Hall–Kier alpha value is -3.23. The fourth-order valence-corrected chi connectivity index (χ4v) is 7.16. The van der Waals surface area contributed by atoms with E-state index in [0.717, 1.165) is 40.7 Å². The molecule has 0 unspecified atom stereocenters. The molecular weight excluding hydrogens is 633 g/mol. The van der Waals surface area contributed by atoms with E-state index in [0.29, 0.717) is 59.2 Å². The summed E-state index contributed by atoms with van der Waals surface area (Å²) < 4.78 is 11.7. The molecule has 3 aromatic carbocycles. The van der Waals surface area contributed by atoms with Crippen LogP contribution in [0.1, 0.15) is 42.9 Å². The maximum absolute atomic E-state index is 14.5. The van der Waals surface area contributed by atoms with Crippen molar-refractivity contribution >= 4 is 52.2 Å². The molecule has 6 rings (SSSR count). The molecule has 7 nitrogen and oxygen atoms in total. The molecule has 2 fully saturated rings. The van der Waals surface area contributed by atoms with Gasteiger partial charge in [-0.1, -0.05) is 59.1 Å². The molecule has 45 heavy (non-hydrogen) atoms. The molecule has 2 aliphatic heterocycles. The summed E-state index contributed by atoms with van der Waals surface area (Å²) in [5, 5.41) is 5.23. The maximum Gasteiger partial charge on any atom is 0.252 e. The van der Waals surface area contributed by atoms with Crippen LogP contribution in [0.2, 0.25) is 15.1 Å². The number of piperazine rings is 1. The lowest BCUT2D eigenvalue weighted by atomic mass is 9.82. The van der Waals surface area contributed by atoms with Crippen LogP contribution in [0, 0.1) is 6.92 Å². The first-order valence-electron chi connectivity index (χ1n) is 15.3. The zero-order chi connectivity index (χ0) is 31.7. The second-order valence-electron chi connectivity index (χ2n) is 12.0. The molecule has 1 saturated carbocycles. The number of nitrogens with zero attached hydrogens (tertiary/aromatic N) is 2. The molecule has 1 saturated heterocycles.